The van der Waals surface area contributed by atoms with Gasteiger partial charge in [-0.05, 0) is 5.04 Å². The smallest absolute Gasteiger partial charge is 0.367 e. The number of carbonyl (C=O) groups excluding carboxylic acids is 1. The molecule has 0 aliphatic carbocycles. The average molecular weight is 227 g/mol. The first-order valence-corrected chi connectivity index (χ1v) is 6.56. The number of halogens is 3. The summed E-state index contributed by atoms with van der Waals surface area (Å²) in [4.78, 5) is 10.9. The molecule has 0 rings (SSSR count). The molecule has 1 atom stereocenters. The number of alkyl halides is 3. The minimum atomic E-state index is -4.75. The van der Waals surface area contributed by atoms with Crippen LogP contribution in [0, 0.1) is 0 Å². The third-order valence-electron chi connectivity index (χ3n) is 2.40. The van der Waals surface area contributed by atoms with Crippen molar-refractivity contribution in [3.05, 3.63) is 0 Å². The van der Waals surface area contributed by atoms with Gasteiger partial charge in [-0.1, -0.05) is 27.3 Å². The molecule has 1 unspecified atom stereocenters. The molecule has 0 N–H and O–H groups in total. The van der Waals surface area contributed by atoms with Crippen LogP contribution < -0.4 is 0 Å². The highest BCUT2D eigenvalue weighted by atomic mass is 28.3. The van der Waals surface area contributed by atoms with Gasteiger partial charge < -0.3 is 4.57 Å². The second-order valence-electron chi connectivity index (χ2n) is 4.46. The third-order valence-corrected chi connectivity index (χ3v) is 6.30. The van der Waals surface area contributed by atoms with E-state index in [0.717, 1.165) is 4.57 Å². The van der Waals surface area contributed by atoms with Crippen molar-refractivity contribution in [3.8, 4) is 0 Å². The summed E-state index contributed by atoms with van der Waals surface area (Å²) in [7, 11) is -0.644. The fourth-order valence-corrected chi connectivity index (χ4v) is 2.62. The lowest BCUT2D eigenvalue weighted by Crippen LogP contribution is -2.49. The maximum absolute atomic E-state index is 12.1. The molecule has 0 heterocycles. The van der Waals surface area contributed by atoms with E-state index in [9.17, 15) is 18.0 Å². The molecule has 0 aromatic heterocycles. The predicted molar refractivity (Wildman–Crippen MR) is 51.6 cm³/mol. The molecule has 2 nitrogen and oxygen atoms in total. The molecule has 0 aliphatic heterocycles. The van der Waals surface area contributed by atoms with E-state index < -0.39 is 21.0 Å². The summed E-state index contributed by atoms with van der Waals surface area (Å²) in [6.45, 7) is 7.29. The Morgan fingerprint density at radius 3 is 1.79 bits per heavy atom. The number of nitrogens with zero attached hydrogens (tertiary/aromatic N) is 1. The van der Waals surface area contributed by atoms with Crippen LogP contribution in [0.25, 0.3) is 0 Å². The van der Waals surface area contributed by atoms with E-state index in [0.29, 0.717) is 0 Å². The van der Waals surface area contributed by atoms with Gasteiger partial charge in [-0.25, -0.2) is 0 Å². The Hall–Kier alpha value is -0.523. The van der Waals surface area contributed by atoms with Gasteiger partial charge in [0.2, 0.25) is 0 Å². The normalized spacial score (nSPS) is 15.1. The molecule has 0 saturated carbocycles. The predicted octanol–water partition coefficient (Wildman–Crippen LogP) is 2.16. The second kappa shape index (κ2) is 3.92. The Morgan fingerprint density at radius 1 is 1.21 bits per heavy atom. The molecular formula is C8H16F3NOSi. The molecule has 0 fully saturated rings. The fraction of sp³-hybridized carbons (Fsp3) is 0.875. The maximum Gasteiger partial charge on any atom is 0.470 e. The van der Waals surface area contributed by atoms with Crippen molar-refractivity contribution in [2.75, 3.05) is 7.05 Å². The van der Waals surface area contributed by atoms with E-state index in [1.807, 2.05) is 20.8 Å². The first-order chi connectivity index (χ1) is 5.98. The minimum Gasteiger partial charge on any atom is -0.367 e. The van der Waals surface area contributed by atoms with Crippen molar-refractivity contribution in [1.29, 1.82) is 0 Å². The van der Waals surface area contributed by atoms with Crippen molar-refractivity contribution in [2.24, 2.45) is 0 Å². The van der Waals surface area contributed by atoms with Gasteiger partial charge in [-0.3, -0.25) is 4.79 Å². The van der Waals surface area contributed by atoms with Gasteiger partial charge in [0, 0.05) is 7.05 Å². The number of carbonyl (C=O) groups is 1. The third kappa shape index (κ3) is 3.32. The number of hydrogen-bond donors (Lipinski definition) is 0. The van der Waals surface area contributed by atoms with Crippen LogP contribution in [0.15, 0.2) is 0 Å². The van der Waals surface area contributed by atoms with Crippen molar-refractivity contribution in [2.45, 2.75) is 38.5 Å². The van der Waals surface area contributed by atoms with Crippen molar-refractivity contribution in [3.63, 3.8) is 0 Å². The number of amides is 1. The summed E-state index contributed by atoms with van der Waals surface area (Å²) < 4.78 is 37.1. The van der Waals surface area contributed by atoms with Crippen LogP contribution in [0.1, 0.15) is 20.8 Å². The molecule has 0 aromatic carbocycles. The van der Waals surface area contributed by atoms with Crippen LogP contribution in [0.5, 0.6) is 0 Å². The van der Waals surface area contributed by atoms with Gasteiger partial charge >= 0.3 is 12.1 Å². The van der Waals surface area contributed by atoms with Gasteiger partial charge in [0.15, 0.2) is 0 Å². The molecule has 0 aromatic rings. The van der Waals surface area contributed by atoms with Crippen LogP contribution in [0.4, 0.5) is 13.2 Å². The van der Waals surface area contributed by atoms with Gasteiger partial charge in [-0.2, -0.15) is 13.2 Å². The zero-order valence-corrected chi connectivity index (χ0v) is 10.2. The maximum atomic E-state index is 12.1. The molecular weight excluding hydrogens is 211 g/mol. The summed E-state index contributed by atoms with van der Waals surface area (Å²) in [5, 5.41) is -0.227. The molecule has 84 valence electrons. The summed E-state index contributed by atoms with van der Waals surface area (Å²) >= 11 is 0. The zero-order chi connectivity index (χ0) is 11.7. The van der Waals surface area contributed by atoms with Crippen molar-refractivity contribution < 1.29 is 18.0 Å². The molecule has 0 saturated heterocycles. The summed E-state index contributed by atoms with van der Waals surface area (Å²) in [5.41, 5.74) is 0. The molecule has 0 spiro atoms. The number of rotatable bonds is 1. The first-order valence-electron chi connectivity index (χ1n) is 4.32. The summed E-state index contributed by atoms with van der Waals surface area (Å²) in [6, 6.07) is 0. The van der Waals surface area contributed by atoms with Crippen molar-refractivity contribution in [1.82, 2.24) is 4.57 Å². The second-order valence-corrected chi connectivity index (χ2v) is 8.31. The monoisotopic (exact) mass is 227 g/mol. The van der Waals surface area contributed by atoms with Gasteiger partial charge in [0.1, 0.15) is 8.96 Å². The SMILES string of the molecule is CN(C(=O)C(F)(F)F)[SiH](C)C(C)(C)C. The highest BCUT2D eigenvalue weighted by molar-refractivity contribution is 6.60. The molecule has 0 radical (unpaired) electrons. The molecule has 6 heteroatoms. The summed E-state index contributed by atoms with van der Waals surface area (Å²) in [6.07, 6.45) is -4.75. The van der Waals surface area contributed by atoms with Gasteiger partial charge in [-0.15, -0.1) is 0 Å². The van der Waals surface area contributed by atoms with Gasteiger partial charge in [0.25, 0.3) is 0 Å². The Bertz CT molecular complexity index is 222. The lowest BCUT2D eigenvalue weighted by Gasteiger charge is -2.34. The van der Waals surface area contributed by atoms with E-state index >= 15 is 0 Å². The fourth-order valence-electron chi connectivity index (χ4n) is 0.957. The zero-order valence-electron chi connectivity index (χ0n) is 9.07. The standard InChI is InChI=1S/C8H16F3NOSi/c1-7(2,3)14(5)12(4)6(13)8(9,10)11/h14H,1-5H3. The Kier molecular flexibility index (Phi) is 3.77. The Morgan fingerprint density at radius 2 is 1.57 bits per heavy atom. The molecule has 1 amide bonds. The molecule has 14 heavy (non-hydrogen) atoms. The summed E-state index contributed by atoms with van der Waals surface area (Å²) in [5.74, 6) is -1.73. The lowest BCUT2D eigenvalue weighted by atomic mass is 10.3. The minimum absolute atomic E-state index is 0.227. The van der Waals surface area contributed by atoms with E-state index in [1.165, 1.54) is 7.05 Å². The van der Waals surface area contributed by atoms with Crippen molar-refractivity contribution >= 4 is 14.9 Å². The van der Waals surface area contributed by atoms with Crippen LogP contribution >= 0.6 is 0 Å². The number of hydrogen-bond acceptors (Lipinski definition) is 1. The van der Waals surface area contributed by atoms with E-state index in [4.69, 9.17) is 0 Å². The van der Waals surface area contributed by atoms with Crippen LogP contribution in [-0.4, -0.2) is 32.7 Å². The highest BCUT2D eigenvalue weighted by Gasteiger charge is 2.44. The van der Waals surface area contributed by atoms with E-state index in [1.54, 1.807) is 6.55 Å². The molecule has 0 bridgehead atoms. The average Bonchev–Trinajstić information content (AvgIpc) is 1.97. The Balaban J connectivity index is 4.65. The van der Waals surface area contributed by atoms with E-state index in [2.05, 4.69) is 0 Å². The van der Waals surface area contributed by atoms with Crippen LogP contribution in [-0.2, 0) is 4.79 Å². The topological polar surface area (TPSA) is 20.3 Å². The quantitative estimate of drug-likeness (QED) is 0.629. The lowest BCUT2D eigenvalue weighted by molar-refractivity contribution is -0.179. The van der Waals surface area contributed by atoms with Gasteiger partial charge in [0.05, 0.1) is 0 Å². The highest BCUT2D eigenvalue weighted by Crippen LogP contribution is 2.30. The Labute approximate surface area is 83.8 Å². The van der Waals surface area contributed by atoms with Crippen LogP contribution in [0.3, 0.4) is 0 Å². The van der Waals surface area contributed by atoms with Crippen LogP contribution in [0.2, 0.25) is 11.6 Å². The first kappa shape index (κ1) is 13.5. The largest absolute Gasteiger partial charge is 0.470 e. The van der Waals surface area contributed by atoms with E-state index in [-0.39, 0.29) is 5.04 Å². The molecule has 0 aliphatic rings.